The molecule has 2 rings (SSSR count). The van der Waals surface area contributed by atoms with Crippen molar-refractivity contribution in [2.75, 3.05) is 32.0 Å². The Morgan fingerprint density at radius 1 is 1.56 bits per heavy atom. The number of hydrogen-bond donors (Lipinski definition) is 2. The second-order valence-electron chi connectivity index (χ2n) is 5.59. The molecule has 0 unspecified atom stereocenters. The number of nitrogens with zero attached hydrogens (tertiary/aromatic N) is 2. The average Bonchev–Trinajstić information content (AvgIpc) is 2.85. The van der Waals surface area contributed by atoms with E-state index in [1.165, 1.54) is 26.5 Å². The van der Waals surface area contributed by atoms with Crippen LogP contribution in [0, 0.1) is 0 Å². The maximum Gasteiger partial charge on any atom is 0.351 e. The van der Waals surface area contributed by atoms with Gasteiger partial charge in [0.1, 0.15) is 17.5 Å². The zero-order valence-electron chi connectivity index (χ0n) is 13.7. The summed E-state index contributed by atoms with van der Waals surface area (Å²) in [5, 5.41) is 10.3. The molecule has 1 aliphatic heterocycles. The number of aliphatic hydroxyl groups is 1. The Balaban J connectivity index is 2.29. The molecule has 1 aromatic rings. The number of aromatic nitrogens is 2. The first-order valence-corrected chi connectivity index (χ1v) is 9.59. The maximum atomic E-state index is 14.6. The van der Waals surface area contributed by atoms with Gasteiger partial charge in [-0.25, -0.2) is 9.18 Å². The number of anilines is 1. The standard InChI is InChI=1S/C13H20ClFN3O6P/c1-22-25(21,23-2)6-4-13(7-14)10(19)9(15)11(24-13)18-5-3-8(16)17-12(18)20/h3,5,9-11,19H,4,6-7H2,1-2H3,(H2,16,17,20)/t9-,10+,11-,13+/m1/s1. The monoisotopic (exact) mass is 399 g/mol. The molecule has 0 aromatic carbocycles. The van der Waals surface area contributed by atoms with E-state index in [-0.39, 0.29) is 24.3 Å². The van der Waals surface area contributed by atoms with E-state index >= 15 is 0 Å². The van der Waals surface area contributed by atoms with Gasteiger partial charge in [-0.1, -0.05) is 0 Å². The molecule has 0 amide bonds. The number of rotatable bonds is 7. The second-order valence-corrected chi connectivity index (χ2v) is 8.25. The van der Waals surface area contributed by atoms with Gasteiger partial charge in [0.25, 0.3) is 0 Å². The molecule has 3 N–H and O–H groups in total. The SMILES string of the molecule is COP(=O)(CC[C@@]1(CCl)O[C@@H](n2ccc(N)nc2=O)[C@H](F)[C@@H]1O)OC. The van der Waals surface area contributed by atoms with Gasteiger partial charge in [0.15, 0.2) is 12.4 Å². The summed E-state index contributed by atoms with van der Waals surface area (Å²) in [5.74, 6) is -0.324. The lowest BCUT2D eigenvalue weighted by Crippen LogP contribution is -2.44. The highest BCUT2D eigenvalue weighted by atomic mass is 35.5. The normalized spacial score (nSPS) is 29.9. The van der Waals surface area contributed by atoms with Crippen LogP contribution in [0.1, 0.15) is 12.6 Å². The highest BCUT2D eigenvalue weighted by molar-refractivity contribution is 7.53. The van der Waals surface area contributed by atoms with Crippen LogP contribution < -0.4 is 11.4 Å². The Morgan fingerprint density at radius 2 is 2.20 bits per heavy atom. The molecule has 0 radical (unpaired) electrons. The van der Waals surface area contributed by atoms with Gasteiger partial charge in [0, 0.05) is 20.4 Å². The molecule has 1 aliphatic rings. The summed E-state index contributed by atoms with van der Waals surface area (Å²) in [4.78, 5) is 15.4. The number of alkyl halides is 2. The lowest BCUT2D eigenvalue weighted by Gasteiger charge is -2.30. The van der Waals surface area contributed by atoms with Gasteiger partial charge in [0.05, 0.1) is 12.0 Å². The minimum atomic E-state index is -3.41. The third kappa shape index (κ3) is 3.89. The molecule has 1 fully saturated rings. The van der Waals surface area contributed by atoms with Crippen LogP contribution in [0.5, 0.6) is 0 Å². The first-order valence-electron chi connectivity index (χ1n) is 7.33. The number of nitrogen functional groups attached to an aromatic ring is 1. The molecule has 4 atom stereocenters. The van der Waals surface area contributed by atoms with E-state index in [1.54, 1.807) is 0 Å². The Morgan fingerprint density at radius 3 is 2.72 bits per heavy atom. The topological polar surface area (TPSA) is 126 Å². The quantitative estimate of drug-likeness (QED) is 0.511. The van der Waals surface area contributed by atoms with E-state index in [4.69, 9.17) is 31.1 Å². The maximum absolute atomic E-state index is 14.6. The fraction of sp³-hybridized carbons (Fsp3) is 0.692. The average molecular weight is 400 g/mol. The van der Waals surface area contributed by atoms with Crippen LogP contribution in [0.2, 0.25) is 0 Å². The van der Waals surface area contributed by atoms with Gasteiger partial charge in [-0.15, -0.1) is 11.6 Å². The number of nitrogens with two attached hydrogens (primary N) is 1. The minimum absolute atomic E-state index is 0.0278. The van der Waals surface area contributed by atoms with Crippen molar-refractivity contribution in [1.29, 1.82) is 0 Å². The van der Waals surface area contributed by atoms with E-state index < -0.39 is 37.4 Å². The molecule has 0 spiro atoms. The van der Waals surface area contributed by atoms with Crippen molar-refractivity contribution in [2.24, 2.45) is 0 Å². The first kappa shape index (κ1) is 20.3. The van der Waals surface area contributed by atoms with Crippen LogP contribution in [-0.2, 0) is 18.3 Å². The van der Waals surface area contributed by atoms with Crippen molar-refractivity contribution >= 4 is 25.0 Å². The molecular formula is C13H20ClFN3O6P. The lowest BCUT2D eigenvalue weighted by molar-refractivity contribution is -0.0920. The lowest BCUT2D eigenvalue weighted by atomic mass is 9.95. The van der Waals surface area contributed by atoms with E-state index in [0.717, 1.165) is 4.57 Å². The summed E-state index contributed by atoms with van der Waals surface area (Å²) in [6, 6.07) is 1.30. The molecule has 2 heterocycles. The molecule has 1 aromatic heterocycles. The van der Waals surface area contributed by atoms with Crippen molar-refractivity contribution in [3.05, 3.63) is 22.7 Å². The van der Waals surface area contributed by atoms with Gasteiger partial charge in [-0.3, -0.25) is 9.13 Å². The fourth-order valence-corrected chi connectivity index (χ4v) is 4.14. The van der Waals surface area contributed by atoms with E-state index in [9.17, 15) is 18.9 Å². The largest absolute Gasteiger partial charge is 0.387 e. The molecular weight excluding hydrogens is 380 g/mol. The van der Waals surface area contributed by atoms with Crippen LogP contribution >= 0.6 is 19.2 Å². The molecule has 0 saturated carbocycles. The molecule has 0 bridgehead atoms. The van der Waals surface area contributed by atoms with Crippen molar-refractivity contribution < 1.29 is 27.8 Å². The molecule has 1 saturated heterocycles. The number of ether oxygens (including phenoxy) is 1. The van der Waals surface area contributed by atoms with Gasteiger partial charge >= 0.3 is 13.3 Å². The predicted octanol–water partition coefficient (Wildman–Crippen LogP) is 0.907. The predicted molar refractivity (Wildman–Crippen MR) is 88.5 cm³/mol. The van der Waals surface area contributed by atoms with Crippen molar-refractivity contribution in [3.8, 4) is 0 Å². The van der Waals surface area contributed by atoms with Crippen molar-refractivity contribution in [3.63, 3.8) is 0 Å². The second kappa shape index (κ2) is 7.69. The third-order valence-corrected chi connectivity index (χ3v) is 6.52. The molecule has 142 valence electrons. The number of hydrogen-bond acceptors (Lipinski definition) is 8. The van der Waals surface area contributed by atoms with E-state index in [0.29, 0.717) is 0 Å². The highest BCUT2D eigenvalue weighted by Gasteiger charge is 2.56. The Bertz CT molecular complexity index is 713. The van der Waals surface area contributed by atoms with Crippen LogP contribution in [-0.4, -0.2) is 58.8 Å². The molecule has 12 heteroatoms. The molecule has 0 aliphatic carbocycles. The Labute approximate surface area is 148 Å². The van der Waals surface area contributed by atoms with Gasteiger partial charge < -0.3 is 24.6 Å². The van der Waals surface area contributed by atoms with Crippen LogP contribution in [0.3, 0.4) is 0 Å². The summed E-state index contributed by atoms with van der Waals surface area (Å²) in [5.41, 5.74) is 3.01. The van der Waals surface area contributed by atoms with Gasteiger partial charge in [-0.05, 0) is 12.5 Å². The van der Waals surface area contributed by atoms with E-state index in [1.807, 2.05) is 0 Å². The summed E-state index contributed by atoms with van der Waals surface area (Å²) >= 11 is 5.91. The summed E-state index contributed by atoms with van der Waals surface area (Å²) in [6.45, 7) is 0. The third-order valence-electron chi connectivity index (χ3n) is 4.19. The minimum Gasteiger partial charge on any atom is -0.387 e. The number of aliphatic hydroxyl groups excluding tert-OH is 1. The highest BCUT2D eigenvalue weighted by Crippen LogP contribution is 2.50. The summed E-state index contributed by atoms with van der Waals surface area (Å²) < 4.78 is 43.0. The zero-order valence-corrected chi connectivity index (χ0v) is 15.3. The van der Waals surface area contributed by atoms with E-state index in [2.05, 4.69) is 4.98 Å². The fourth-order valence-electron chi connectivity index (χ4n) is 2.62. The van der Waals surface area contributed by atoms with Crippen LogP contribution in [0.25, 0.3) is 0 Å². The first-order chi connectivity index (χ1) is 11.7. The molecule has 25 heavy (non-hydrogen) atoms. The van der Waals surface area contributed by atoms with Crippen LogP contribution in [0.15, 0.2) is 17.1 Å². The smallest absolute Gasteiger partial charge is 0.351 e. The van der Waals surface area contributed by atoms with Crippen molar-refractivity contribution in [1.82, 2.24) is 9.55 Å². The van der Waals surface area contributed by atoms with Gasteiger partial charge in [0.2, 0.25) is 0 Å². The summed E-state index contributed by atoms with van der Waals surface area (Å²) in [6.07, 6.45) is -4.09. The Hall–Kier alpha value is -1.03. The Kier molecular flexibility index (Phi) is 6.24. The van der Waals surface area contributed by atoms with Crippen molar-refractivity contribution in [2.45, 2.75) is 30.5 Å². The number of halogens is 2. The van der Waals surface area contributed by atoms with Crippen LogP contribution in [0.4, 0.5) is 10.2 Å². The van der Waals surface area contributed by atoms with Gasteiger partial charge in [-0.2, -0.15) is 4.98 Å². The molecule has 9 nitrogen and oxygen atoms in total. The zero-order chi connectivity index (χ0) is 18.8. The summed E-state index contributed by atoms with van der Waals surface area (Å²) in [7, 11) is -0.989.